The van der Waals surface area contributed by atoms with E-state index in [-0.39, 0.29) is 5.82 Å². The number of nitrogens with zero attached hydrogens (tertiary/aromatic N) is 1. The number of hydrogen-bond donors (Lipinski definition) is 1. The summed E-state index contributed by atoms with van der Waals surface area (Å²) in [6.07, 6.45) is 1.64. The lowest BCUT2D eigenvalue weighted by Crippen LogP contribution is -1.98. The molecule has 2 N–H and O–H groups in total. The van der Waals surface area contributed by atoms with Gasteiger partial charge in [-0.25, -0.2) is 4.39 Å². The highest BCUT2D eigenvalue weighted by molar-refractivity contribution is 5.75. The van der Waals surface area contributed by atoms with Gasteiger partial charge in [0.1, 0.15) is 5.82 Å². The number of halogens is 1. The molecule has 3 heteroatoms. The van der Waals surface area contributed by atoms with Crippen LogP contribution in [0.25, 0.3) is 11.3 Å². The van der Waals surface area contributed by atoms with E-state index in [0.717, 1.165) is 11.1 Å². The lowest BCUT2D eigenvalue weighted by molar-refractivity contribution is 0.629. The monoisotopic (exact) mass is 216 g/mol. The predicted octanol–water partition coefficient (Wildman–Crippen LogP) is 3.09. The Morgan fingerprint density at radius 3 is 2.62 bits per heavy atom. The van der Waals surface area contributed by atoms with Crippen LogP contribution >= 0.6 is 0 Å². The minimum atomic E-state index is -0.287. The molecular weight excluding hydrogens is 203 g/mol. The molecule has 82 valence electrons. The summed E-state index contributed by atoms with van der Waals surface area (Å²) in [6.45, 7) is 3.73. The van der Waals surface area contributed by atoms with Crippen molar-refractivity contribution in [2.24, 2.45) is 0 Å². The number of nitrogens with two attached hydrogens (primary N) is 1. The largest absolute Gasteiger partial charge is 0.397 e. The first-order valence-corrected chi connectivity index (χ1v) is 5.07. The Morgan fingerprint density at radius 1 is 1.19 bits per heavy atom. The van der Waals surface area contributed by atoms with Crippen molar-refractivity contribution in [1.29, 1.82) is 0 Å². The minimum absolute atomic E-state index is 0.287. The summed E-state index contributed by atoms with van der Waals surface area (Å²) in [4.78, 5) is 4.13. The quantitative estimate of drug-likeness (QED) is 0.795. The van der Waals surface area contributed by atoms with Gasteiger partial charge in [0.25, 0.3) is 0 Å². The van der Waals surface area contributed by atoms with Crippen LogP contribution in [0.4, 0.5) is 10.1 Å². The number of pyridine rings is 1. The van der Waals surface area contributed by atoms with E-state index < -0.39 is 0 Å². The summed E-state index contributed by atoms with van der Waals surface area (Å²) in [5, 5.41) is 0. The van der Waals surface area contributed by atoms with Crippen LogP contribution in [0.2, 0.25) is 0 Å². The summed E-state index contributed by atoms with van der Waals surface area (Å²) < 4.78 is 13.8. The zero-order chi connectivity index (χ0) is 11.7. The average Bonchev–Trinajstić information content (AvgIpc) is 2.23. The summed E-state index contributed by atoms with van der Waals surface area (Å²) in [5.74, 6) is -0.287. The molecule has 0 bridgehead atoms. The van der Waals surface area contributed by atoms with Gasteiger partial charge in [0.05, 0.1) is 11.4 Å². The van der Waals surface area contributed by atoms with Crippen LogP contribution in [-0.4, -0.2) is 4.98 Å². The molecule has 2 nitrogen and oxygen atoms in total. The van der Waals surface area contributed by atoms with Gasteiger partial charge in [-0.2, -0.15) is 0 Å². The number of aryl methyl sites for hydroxylation is 2. The van der Waals surface area contributed by atoms with Gasteiger partial charge < -0.3 is 5.73 Å². The minimum Gasteiger partial charge on any atom is -0.397 e. The van der Waals surface area contributed by atoms with Crippen molar-refractivity contribution in [1.82, 2.24) is 4.98 Å². The molecule has 0 amide bonds. The molecule has 1 aromatic heterocycles. The molecule has 1 aromatic carbocycles. The van der Waals surface area contributed by atoms with Gasteiger partial charge in [-0.3, -0.25) is 4.98 Å². The van der Waals surface area contributed by atoms with Crippen LogP contribution in [0.15, 0.2) is 30.5 Å². The molecule has 0 fully saturated rings. The highest BCUT2D eigenvalue weighted by Crippen LogP contribution is 2.28. The number of benzene rings is 1. The molecule has 0 aliphatic heterocycles. The Hall–Kier alpha value is -1.90. The van der Waals surface area contributed by atoms with Gasteiger partial charge in [0.2, 0.25) is 0 Å². The van der Waals surface area contributed by atoms with Crippen molar-refractivity contribution in [2.75, 3.05) is 5.73 Å². The average molecular weight is 216 g/mol. The summed E-state index contributed by atoms with van der Waals surface area (Å²) >= 11 is 0. The second-order valence-corrected chi connectivity index (χ2v) is 3.87. The molecule has 2 aromatic rings. The second-order valence-electron chi connectivity index (χ2n) is 3.87. The number of rotatable bonds is 1. The fourth-order valence-electron chi connectivity index (χ4n) is 1.60. The molecule has 2 rings (SSSR count). The van der Waals surface area contributed by atoms with Gasteiger partial charge >= 0.3 is 0 Å². The Labute approximate surface area is 93.9 Å². The zero-order valence-corrected chi connectivity index (χ0v) is 9.29. The summed E-state index contributed by atoms with van der Waals surface area (Å²) in [6, 6.07) is 6.86. The first kappa shape index (κ1) is 10.6. The van der Waals surface area contributed by atoms with E-state index in [9.17, 15) is 4.39 Å². The maximum Gasteiger partial charge on any atom is 0.132 e. The number of hydrogen-bond acceptors (Lipinski definition) is 2. The van der Waals surface area contributed by atoms with Crippen LogP contribution < -0.4 is 5.73 Å². The van der Waals surface area contributed by atoms with E-state index in [4.69, 9.17) is 5.73 Å². The molecular formula is C13H13FN2. The summed E-state index contributed by atoms with van der Waals surface area (Å²) in [5.41, 5.74) is 9.18. The molecule has 0 aliphatic rings. The van der Waals surface area contributed by atoms with Crippen molar-refractivity contribution in [2.45, 2.75) is 13.8 Å². The van der Waals surface area contributed by atoms with Crippen molar-refractivity contribution in [3.05, 3.63) is 47.4 Å². The zero-order valence-electron chi connectivity index (χ0n) is 9.29. The van der Waals surface area contributed by atoms with Gasteiger partial charge in [-0.05, 0) is 43.2 Å². The number of anilines is 1. The predicted molar refractivity (Wildman–Crippen MR) is 63.5 cm³/mol. The molecule has 0 atom stereocenters. The van der Waals surface area contributed by atoms with Gasteiger partial charge in [-0.15, -0.1) is 0 Å². The van der Waals surface area contributed by atoms with Crippen LogP contribution in [0.3, 0.4) is 0 Å². The third-order valence-corrected chi connectivity index (χ3v) is 2.59. The number of aromatic nitrogens is 1. The Kier molecular flexibility index (Phi) is 2.60. The van der Waals surface area contributed by atoms with E-state index in [0.29, 0.717) is 16.9 Å². The van der Waals surface area contributed by atoms with Gasteiger partial charge in [-0.1, -0.05) is 6.07 Å². The lowest BCUT2D eigenvalue weighted by atomic mass is 10.0. The second kappa shape index (κ2) is 3.93. The fraction of sp³-hybridized carbons (Fsp3) is 0.154. The highest BCUT2D eigenvalue weighted by Gasteiger charge is 2.10. The van der Waals surface area contributed by atoms with Crippen LogP contribution in [-0.2, 0) is 0 Å². The Bertz CT molecular complexity index is 535. The third kappa shape index (κ3) is 1.76. The molecule has 16 heavy (non-hydrogen) atoms. The van der Waals surface area contributed by atoms with Crippen LogP contribution in [0.5, 0.6) is 0 Å². The molecule has 0 spiro atoms. The Morgan fingerprint density at radius 2 is 1.94 bits per heavy atom. The van der Waals surface area contributed by atoms with E-state index >= 15 is 0 Å². The standard InChI is InChI=1S/C13H13FN2/c1-8-3-4-10(11(14)7-8)13-12(15)9(2)5-6-16-13/h3-7H,15H2,1-2H3. The van der Waals surface area contributed by atoms with E-state index in [1.165, 1.54) is 6.07 Å². The van der Waals surface area contributed by atoms with E-state index in [1.807, 2.05) is 26.0 Å². The smallest absolute Gasteiger partial charge is 0.132 e. The molecule has 0 unspecified atom stereocenters. The maximum atomic E-state index is 13.8. The molecule has 0 aliphatic carbocycles. The summed E-state index contributed by atoms with van der Waals surface area (Å²) in [7, 11) is 0. The topological polar surface area (TPSA) is 38.9 Å². The van der Waals surface area contributed by atoms with Crippen molar-refractivity contribution in [3.63, 3.8) is 0 Å². The normalized spacial score (nSPS) is 10.4. The van der Waals surface area contributed by atoms with Crippen LogP contribution in [0.1, 0.15) is 11.1 Å². The van der Waals surface area contributed by atoms with Gasteiger partial charge in [0.15, 0.2) is 0 Å². The van der Waals surface area contributed by atoms with Crippen LogP contribution in [0, 0.1) is 19.7 Å². The number of nitrogen functional groups attached to an aromatic ring is 1. The van der Waals surface area contributed by atoms with Crippen molar-refractivity contribution >= 4 is 5.69 Å². The maximum absolute atomic E-state index is 13.8. The lowest BCUT2D eigenvalue weighted by Gasteiger charge is -2.08. The van der Waals surface area contributed by atoms with Gasteiger partial charge in [0, 0.05) is 11.8 Å². The molecule has 0 saturated carbocycles. The first-order chi connectivity index (χ1) is 7.59. The SMILES string of the molecule is Cc1ccc(-c2nccc(C)c2N)c(F)c1. The highest BCUT2D eigenvalue weighted by atomic mass is 19.1. The fourth-order valence-corrected chi connectivity index (χ4v) is 1.60. The molecule has 1 heterocycles. The van der Waals surface area contributed by atoms with Crippen molar-refractivity contribution in [3.8, 4) is 11.3 Å². The Balaban J connectivity index is 2.63. The van der Waals surface area contributed by atoms with E-state index in [1.54, 1.807) is 12.3 Å². The third-order valence-electron chi connectivity index (χ3n) is 2.59. The van der Waals surface area contributed by atoms with Crippen molar-refractivity contribution < 1.29 is 4.39 Å². The molecule has 0 radical (unpaired) electrons. The molecule has 0 saturated heterocycles. The van der Waals surface area contributed by atoms with E-state index in [2.05, 4.69) is 4.98 Å². The first-order valence-electron chi connectivity index (χ1n) is 5.07.